The minimum atomic E-state index is -0.983. The number of rotatable bonds is 3. The Balaban J connectivity index is 1.65. The van der Waals surface area contributed by atoms with E-state index in [2.05, 4.69) is 5.32 Å². The van der Waals surface area contributed by atoms with Gasteiger partial charge in [0.1, 0.15) is 10.6 Å². The Hall–Kier alpha value is -3.18. The number of nitrogens with one attached hydrogen (secondary N) is 1. The highest BCUT2D eigenvalue weighted by Crippen LogP contribution is 2.60. The topological polar surface area (TPSA) is 46.2 Å². The third-order valence-electron chi connectivity index (χ3n) is 5.75. The molecule has 2 aliphatic heterocycles. The zero-order valence-corrected chi connectivity index (χ0v) is 16.8. The van der Waals surface area contributed by atoms with E-state index in [9.17, 15) is 14.0 Å². The largest absolute Gasteiger partial charge is 0.324 e. The van der Waals surface area contributed by atoms with E-state index in [4.69, 9.17) is 0 Å². The van der Waals surface area contributed by atoms with E-state index in [-0.39, 0.29) is 23.4 Å². The fourth-order valence-electron chi connectivity index (χ4n) is 4.31. The maximum absolute atomic E-state index is 13.6. The van der Waals surface area contributed by atoms with Gasteiger partial charge < -0.3 is 5.32 Å². The van der Waals surface area contributed by atoms with Crippen LogP contribution in [0.1, 0.15) is 33.8 Å². The first-order chi connectivity index (χ1) is 14.6. The van der Waals surface area contributed by atoms with Crippen LogP contribution < -0.4 is 5.32 Å². The number of allylic oxidation sites excluding steroid dienone is 2. The number of hydrogen-bond donors (Lipinski definition) is 1. The number of carbonyl (C=O) groups excluding carboxylic acids is 2. The van der Waals surface area contributed by atoms with Gasteiger partial charge in [0.2, 0.25) is 5.91 Å². The van der Waals surface area contributed by atoms with Crippen LogP contribution in [0.5, 0.6) is 0 Å². The molecule has 2 atom stereocenters. The molecule has 5 rings (SSSR count). The maximum atomic E-state index is 13.6. The van der Waals surface area contributed by atoms with Gasteiger partial charge in [0.25, 0.3) is 0 Å². The molecule has 0 aliphatic carbocycles. The number of Topliss-reactive ketones (excluding diaryl/α,β-unsaturated/α-hetero) is 1. The molecule has 0 saturated carbocycles. The van der Waals surface area contributed by atoms with Crippen molar-refractivity contribution in [2.24, 2.45) is 0 Å². The van der Waals surface area contributed by atoms with Gasteiger partial charge in [-0.25, -0.2) is 4.39 Å². The molecule has 0 radical (unpaired) electrons. The summed E-state index contributed by atoms with van der Waals surface area (Å²) < 4.78 is 12.6. The molecule has 2 aliphatic rings. The first-order valence-corrected chi connectivity index (χ1v) is 10.6. The smallest absolute Gasteiger partial charge is 0.246 e. The molecule has 148 valence electrons. The van der Waals surface area contributed by atoms with Gasteiger partial charge in [-0.15, -0.1) is 0 Å². The molecule has 1 N–H and O–H groups in total. The van der Waals surface area contributed by atoms with Crippen molar-refractivity contribution >= 4 is 29.1 Å². The summed E-state index contributed by atoms with van der Waals surface area (Å²) in [6, 6.07) is 23.0. The van der Waals surface area contributed by atoms with Gasteiger partial charge in [0.15, 0.2) is 5.78 Å². The van der Waals surface area contributed by atoms with Crippen LogP contribution in [0.4, 0.5) is 10.1 Å². The molecule has 0 aromatic heterocycles. The monoisotopic (exact) mass is 415 g/mol. The van der Waals surface area contributed by atoms with E-state index < -0.39 is 4.75 Å². The van der Waals surface area contributed by atoms with Gasteiger partial charge >= 0.3 is 0 Å². The van der Waals surface area contributed by atoms with E-state index >= 15 is 0 Å². The van der Waals surface area contributed by atoms with E-state index in [1.165, 1.54) is 23.9 Å². The number of amides is 1. The van der Waals surface area contributed by atoms with Crippen LogP contribution in [-0.4, -0.2) is 11.7 Å². The lowest BCUT2D eigenvalue weighted by molar-refractivity contribution is -0.118. The van der Waals surface area contributed by atoms with Crippen LogP contribution in [0.3, 0.4) is 0 Å². The summed E-state index contributed by atoms with van der Waals surface area (Å²) in [7, 11) is 0. The quantitative estimate of drug-likeness (QED) is 0.562. The van der Waals surface area contributed by atoms with Gasteiger partial charge in [-0.1, -0.05) is 78.5 Å². The molecular formula is C25H18FNO2S. The molecule has 30 heavy (non-hydrogen) atoms. The zero-order chi connectivity index (χ0) is 20.7. The zero-order valence-electron chi connectivity index (χ0n) is 16.0. The number of thioether (sulfide) groups is 1. The molecule has 0 fully saturated rings. The van der Waals surface area contributed by atoms with E-state index in [0.29, 0.717) is 16.9 Å². The Morgan fingerprint density at radius 1 is 0.967 bits per heavy atom. The molecule has 1 spiro atoms. The first kappa shape index (κ1) is 18.8. The summed E-state index contributed by atoms with van der Waals surface area (Å²) in [4.78, 5) is 27.2. The lowest BCUT2D eigenvalue weighted by Crippen LogP contribution is -2.39. The second-order valence-electron chi connectivity index (χ2n) is 7.44. The van der Waals surface area contributed by atoms with Crippen LogP contribution >= 0.6 is 11.8 Å². The summed E-state index contributed by atoms with van der Waals surface area (Å²) in [6.45, 7) is 0. The number of hydrogen-bond acceptors (Lipinski definition) is 3. The number of para-hydroxylation sites is 1. The van der Waals surface area contributed by atoms with Crippen LogP contribution in [0, 0.1) is 5.82 Å². The molecule has 3 nitrogen and oxygen atoms in total. The Bertz CT molecular complexity index is 1170. The van der Waals surface area contributed by atoms with Crippen molar-refractivity contribution in [1.82, 2.24) is 0 Å². The summed E-state index contributed by atoms with van der Waals surface area (Å²) in [6.07, 6.45) is 2.42. The van der Waals surface area contributed by atoms with Crippen LogP contribution in [0.2, 0.25) is 0 Å². The van der Waals surface area contributed by atoms with E-state index in [1.807, 2.05) is 48.5 Å². The van der Waals surface area contributed by atoms with Gasteiger partial charge in [-0.05, 0) is 30.2 Å². The number of anilines is 1. The van der Waals surface area contributed by atoms with Crippen molar-refractivity contribution in [3.8, 4) is 0 Å². The Labute approximate surface area is 178 Å². The maximum Gasteiger partial charge on any atom is 0.246 e. The van der Waals surface area contributed by atoms with Gasteiger partial charge in [-0.3, -0.25) is 9.59 Å². The van der Waals surface area contributed by atoms with Crippen molar-refractivity contribution in [1.29, 1.82) is 0 Å². The lowest BCUT2D eigenvalue weighted by atomic mass is 9.78. The molecule has 0 unspecified atom stereocenters. The molecule has 2 heterocycles. The SMILES string of the molecule is O=C(C1=CC[C@@H](c2ccc(F)cc2)[C@@]2(S1)C(=O)Nc1ccccc12)c1ccccc1. The van der Waals surface area contributed by atoms with Crippen molar-refractivity contribution in [3.63, 3.8) is 0 Å². The highest BCUT2D eigenvalue weighted by Gasteiger charge is 2.55. The lowest BCUT2D eigenvalue weighted by Gasteiger charge is -2.39. The molecule has 5 heteroatoms. The molecular weight excluding hydrogens is 397 g/mol. The number of halogens is 1. The fourth-order valence-corrected chi connectivity index (χ4v) is 5.86. The summed E-state index contributed by atoms with van der Waals surface area (Å²) in [5, 5.41) is 3.00. The molecule has 1 amide bonds. The second-order valence-corrected chi connectivity index (χ2v) is 8.73. The van der Waals surface area contributed by atoms with E-state index in [0.717, 1.165) is 16.8 Å². The molecule has 0 bridgehead atoms. The minimum absolute atomic E-state index is 0.0882. The van der Waals surface area contributed by atoms with Crippen LogP contribution in [-0.2, 0) is 9.54 Å². The normalized spacial score (nSPS) is 22.4. The number of ketones is 1. The minimum Gasteiger partial charge on any atom is -0.324 e. The average Bonchev–Trinajstić information content (AvgIpc) is 3.06. The van der Waals surface area contributed by atoms with Crippen molar-refractivity contribution in [2.75, 3.05) is 5.32 Å². The van der Waals surface area contributed by atoms with Gasteiger partial charge in [-0.2, -0.15) is 0 Å². The Morgan fingerprint density at radius 2 is 1.67 bits per heavy atom. The number of carbonyl (C=O) groups is 2. The highest BCUT2D eigenvalue weighted by molar-refractivity contribution is 8.05. The van der Waals surface area contributed by atoms with Gasteiger partial charge in [0.05, 0.1) is 4.91 Å². The Kier molecular flexibility index (Phi) is 4.55. The molecule has 0 saturated heterocycles. The molecule has 3 aromatic rings. The standard InChI is InChI=1S/C25H18FNO2S/c26-18-12-10-16(11-13-18)19-14-15-22(23(28)17-6-2-1-3-7-17)30-25(19)20-8-4-5-9-21(20)27-24(25)29/h1-13,15,19H,14H2,(H,27,29)/t19-,25-/m0/s1. The first-order valence-electron chi connectivity index (χ1n) is 9.75. The number of benzene rings is 3. The van der Waals surface area contributed by atoms with Crippen molar-refractivity contribution < 1.29 is 14.0 Å². The second kappa shape index (κ2) is 7.26. The van der Waals surface area contributed by atoms with Crippen LogP contribution in [0.15, 0.2) is 89.8 Å². The third kappa shape index (κ3) is 2.89. The highest BCUT2D eigenvalue weighted by atomic mass is 32.2. The Morgan fingerprint density at radius 3 is 2.43 bits per heavy atom. The summed E-state index contributed by atoms with van der Waals surface area (Å²) in [5.74, 6) is -0.772. The van der Waals surface area contributed by atoms with Crippen molar-refractivity contribution in [3.05, 3.63) is 112 Å². The number of fused-ring (bicyclic) bond motifs is 2. The predicted molar refractivity (Wildman–Crippen MR) is 117 cm³/mol. The van der Waals surface area contributed by atoms with Gasteiger partial charge in [0, 0.05) is 22.7 Å². The summed E-state index contributed by atoms with van der Waals surface area (Å²) in [5.41, 5.74) is 3.09. The average molecular weight is 415 g/mol. The predicted octanol–water partition coefficient (Wildman–Crippen LogP) is 5.66. The fraction of sp³-hybridized carbons (Fsp3) is 0.120. The van der Waals surface area contributed by atoms with Crippen LogP contribution in [0.25, 0.3) is 0 Å². The third-order valence-corrected chi connectivity index (χ3v) is 7.33. The molecule has 3 aromatic carbocycles. The van der Waals surface area contributed by atoms with Crippen molar-refractivity contribution in [2.45, 2.75) is 17.1 Å². The van der Waals surface area contributed by atoms with E-state index in [1.54, 1.807) is 24.3 Å². The summed E-state index contributed by atoms with van der Waals surface area (Å²) >= 11 is 1.31.